The number of nitrogens with two attached hydrogens (primary N) is 1. The number of rotatable bonds is 5. The van der Waals surface area contributed by atoms with Crippen molar-refractivity contribution >= 4 is 5.69 Å². The molecule has 6 heteroatoms. The molecule has 0 aliphatic heterocycles. The Morgan fingerprint density at radius 2 is 1.67 bits per heavy atom. The molecule has 0 atom stereocenters. The first-order chi connectivity index (χ1) is 13.3. The molecule has 0 saturated heterocycles. The summed E-state index contributed by atoms with van der Waals surface area (Å²) in [7, 11) is 1.93. The summed E-state index contributed by atoms with van der Waals surface area (Å²) in [6.45, 7) is 0.818. The van der Waals surface area contributed by atoms with Gasteiger partial charge in [0, 0.05) is 30.2 Å². The fraction of sp³-hybridized carbons (Fsp3) is 0.0952. The first kappa shape index (κ1) is 16.9. The van der Waals surface area contributed by atoms with Gasteiger partial charge in [0.1, 0.15) is 11.4 Å². The van der Waals surface area contributed by atoms with E-state index in [0.29, 0.717) is 22.8 Å². The summed E-state index contributed by atoms with van der Waals surface area (Å²) in [4.78, 5) is 9.01. The van der Waals surface area contributed by atoms with Crippen LogP contribution in [0.25, 0.3) is 33.8 Å². The van der Waals surface area contributed by atoms with Crippen LogP contribution < -0.4 is 11.1 Å². The standard InChI is InChI=1S/C21H19N5O/c1-23-12-14-6-8-15(9-7-14)17-13-26-27-21(17)20-19(24-10-11-25-20)16-4-2-3-5-18(16)22/h2-11,13,23H,12,22H2,1H3. The smallest absolute Gasteiger partial charge is 0.195 e. The monoisotopic (exact) mass is 357 g/mol. The lowest BCUT2D eigenvalue weighted by Gasteiger charge is -2.09. The molecule has 2 aromatic carbocycles. The molecule has 0 spiro atoms. The Morgan fingerprint density at radius 3 is 2.41 bits per heavy atom. The zero-order chi connectivity index (χ0) is 18.6. The lowest BCUT2D eigenvalue weighted by Crippen LogP contribution is -2.04. The van der Waals surface area contributed by atoms with E-state index in [1.54, 1.807) is 18.6 Å². The van der Waals surface area contributed by atoms with Crippen LogP contribution in [0.3, 0.4) is 0 Å². The summed E-state index contributed by atoms with van der Waals surface area (Å²) >= 11 is 0. The van der Waals surface area contributed by atoms with Crippen LogP contribution in [-0.4, -0.2) is 22.2 Å². The maximum absolute atomic E-state index is 6.15. The summed E-state index contributed by atoms with van der Waals surface area (Å²) in [5, 5.41) is 7.15. The van der Waals surface area contributed by atoms with Gasteiger partial charge in [0.25, 0.3) is 0 Å². The first-order valence-corrected chi connectivity index (χ1v) is 8.63. The zero-order valence-electron chi connectivity index (χ0n) is 14.9. The number of nitrogens with zero attached hydrogens (tertiary/aromatic N) is 3. The van der Waals surface area contributed by atoms with E-state index >= 15 is 0 Å². The summed E-state index contributed by atoms with van der Waals surface area (Å²) in [6.07, 6.45) is 4.99. The second-order valence-electron chi connectivity index (χ2n) is 6.14. The molecule has 0 amide bonds. The van der Waals surface area contributed by atoms with Crippen LogP contribution in [0, 0.1) is 0 Å². The molecule has 0 fully saturated rings. The predicted octanol–water partition coefficient (Wildman–Crippen LogP) is 3.77. The Balaban J connectivity index is 1.81. The minimum Gasteiger partial charge on any atom is -0.398 e. The van der Waals surface area contributed by atoms with Gasteiger partial charge >= 0.3 is 0 Å². The van der Waals surface area contributed by atoms with Gasteiger partial charge in [0.05, 0.1) is 11.8 Å². The molecule has 0 saturated carbocycles. The largest absolute Gasteiger partial charge is 0.398 e. The number of benzene rings is 2. The molecule has 0 aliphatic rings. The maximum Gasteiger partial charge on any atom is 0.195 e. The first-order valence-electron chi connectivity index (χ1n) is 8.63. The van der Waals surface area contributed by atoms with Crippen molar-refractivity contribution in [1.82, 2.24) is 20.4 Å². The van der Waals surface area contributed by atoms with Gasteiger partial charge in [-0.05, 0) is 24.2 Å². The summed E-state index contributed by atoms with van der Waals surface area (Å²) < 4.78 is 5.58. The summed E-state index contributed by atoms with van der Waals surface area (Å²) in [5.74, 6) is 0.572. The Morgan fingerprint density at radius 1 is 0.926 bits per heavy atom. The van der Waals surface area contributed by atoms with Crippen molar-refractivity contribution in [3.05, 3.63) is 72.7 Å². The average Bonchev–Trinajstić information content (AvgIpc) is 3.19. The van der Waals surface area contributed by atoms with E-state index in [2.05, 4.69) is 44.7 Å². The van der Waals surface area contributed by atoms with Crippen molar-refractivity contribution in [2.45, 2.75) is 6.54 Å². The third-order valence-electron chi connectivity index (χ3n) is 4.35. The fourth-order valence-corrected chi connectivity index (χ4v) is 3.04. The van der Waals surface area contributed by atoms with Crippen LogP contribution in [0.1, 0.15) is 5.56 Å². The predicted molar refractivity (Wildman–Crippen MR) is 106 cm³/mol. The molecule has 0 bridgehead atoms. The normalized spacial score (nSPS) is 10.9. The lowest BCUT2D eigenvalue weighted by molar-refractivity contribution is 0.431. The highest BCUT2D eigenvalue weighted by molar-refractivity contribution is 5.87. The number of aromatic nitrogens is 3. The fourth-order valence-electron chi connectivity index (χ4n) is 3.04. The molecule has 6 nitrogen and oxygen atoms in total. The highest BCUT2D eigenvalue weighted by Gasteiger charge is 2.20. The highest BCUT2D eigenvalue weighted by atomic mass is 16.5. The Kier molecular flexibility index (Phi) is 4.63. The minimum atomic E-state index is 0.572. The molecular weight excluding hydrogens is 338 g/mol. The molecule has 2 aromatic heterocycles. The second-order valence-corrected chi connectivity index (χ2v) is 6.14. The minimum absolute atomic E-state index is 0.572. The van der Waals surface area contributed by atoms with Crippen LogP contribution in [0.15, 0.2) is 71.6 Å². The third kappa shape index (κ3) is 3.30. The summed E-state index contributed by atoms with van der Waals surface area (Å²) in [5.41, 5.74) is 11.9. The van der Waals surface area contributed by atoms with Crippen LogP contribution in [0.4, 0.5) is 5.69 Å². The summed E-state index contributed by atoms with van der Waals surface area (Å²) in [6, 6.07) is 15.8. The van der Waals surface area contributed by atoms with Crippen molar-refractivity contribution in [2.24, 2.45) is 0 Å². The number of para-hydroxylation sites is 1. The van der Waals surface area contributed by atoms with Crippen molar-refractivity contribution in [3.8, 4) is 33.8 Å². The van der Waals surface area contributed by atoms with E-state index in [1.807, 2.05) is 31.3 Å². The number of hydrogen-bond acceptors (Lipinski definition) is 6. The molecule has 134 valence electrons. The van der Waals surface area contributed by atoms with Gasteiger partial charge in [-0.1, -0.05) is 47.6 Å². The molecular formula is C21H19N5O. The van der Waals surface area contributed by atoms with Crippen molar-refractivity contribution in [3.63, 3.8) is 0 Å². The van der Waals surface area contributed by atoms with Crippen LogP contribution in [-0.2, 0) is 6.54 Å². The van der Waals surface area contributed by atoms with E-state index in [4.69, 9.17) is 10.3 Å². The average molecular weight is 357 g/mol. The Bertz CT molecular complexity index is 1060. The Labute approximate surface area is 157 Å². The number of anilines is 1. The topological polar surface area (TPSA) is 89.9 Å². The van der Waals surface area contributed by atoms with E-state index in [9.17, 15) is 0 Å². The van der Waals surface area contributed by atoms with E-state index in [1.165, 1.54) is 5.56 Å². The van der Waals surface area contributed by atoms with Crippen LogP contribution >= 0.6 is 0 Å². The van der Waals surface area contributed by atoms with Gasteiger partial charge in [0.15, 0.2) is 5.76 Å². The van der Waals surface area contributed by atoms with Gasteiger partial charge in [-0.2, -0.15) is 0 Å². The molecule has 3 N–H and O–H groups in total. The van der Waals surface area contributed by atoms with Gasteiger partial charge in [-0.15, -0.1) is 0 Å². The number of hydrogen-bond donors (Lipinski definition) is 2. The lowest BCUT2D eigenvalue weighted by atomic mass is 10.0. The zero-order valence-corrected chi connectivity index (χ0v) is 14.9. The van der Waals surface area contributed by atoms with Crippen molar-refractivity contribution in [1.29, 1.82) is 0 Å². The number of nitrogens with one attached hydrogen (secondary N) is 1. The van der Waals surface area contributed by atoms with Gasteiger partial charge in [-0.3, -0.25) is 4.98 Å². The van der Waals surface area contributed by atoms with E-state index < -0.39 is 0 Å². The van der Waals surface area contributed by atoms with E-state index in [-0.39, 0.29) is 0 Å². The maximum atomic E-state index is 6.15. The molecule has 0 unspecified atom stereocenters. The molecule has 4 rings (SSSR count). The third-order valence-corrected chi connectivity index (χ3v) is 4.35. The Hall–Kier alpha value is -3.51. The number of nitrogen functional groups attached to an aromatic ring is 1. The SMILES string of the molecule is CNCc1ccc(-c2cnoc2-c2nccnc2-c2ccccc2N)cc1. The molecule has 0 radical (unpaired) electrons. The van der Waals surface area contributed by atoms with Crippen LogP contribution in [0.5, 0.6) is 0 Å². The van der Waals surface area contributed by atoms with Crippen LogP contribution in [0.2, 0.25) is 0 Å². The van der Waals surface area contributed by atoms with Crippen molar-refractivity contribution in [2.75, 3.05) is 12.8 Å². The molecule has 0 aliphatic carbocycles. The second kappa shape index (κ2) is 7.39. The molecule has 4 aromatic rings. The van der Waals surface area contributed by atoms with E-state index in [0.717, 1.165) is 23.2 Å². The highest BCUT2D eigenvalue weighted by Crippen LogP contribution is 2.37. The quantitative estimate of drug-likeness (QED) is 0.529. The molecule has 2 heterocycles. The van der Waals surface area contributed by atoms with Gasteiger partial charge in [-0.25, -0.2) is 4.98 Å². The van der Waals surface area contributed by atoms with Crippen molar-refractivity contribution < 1.29 is 4.52 Å². The van der Waals surface area contributed by atoms with Gasteiger partial charge in [0.2, 0.25) is 0 Å². The molecule has 27 heavy (non-hydrogen) atoms. The van der Waals surface area contributed by atoms with Gasteiger partial charge < -0.3 is 15.6 Å².